The Labute approximate surface area is 180 Å². The molecule has 3 aromatic rings. The number of amides is 1. The number of likely N-dealkylation sites (N-methyl/N-ethyl adjacent to an activating group) is 1. The molecule has 0 atom stereocenters. The van der Waals surface area contributed by atoms with Crippen molar-refractivity contribution in [3.05, 3.63) is 71.1 Å². The number of halogens is 1. The molecule has 10 heteroatoms. The van der Waals surface area contributed by atoms with Crippen LogP contribution in [0.15, 0.2) is 59.1 Å². The van der Waals surface area contributed by atoms with Crippen LogP contribution in [0.5, 0.6) is 0 Å². The molecule has 0 bridgehead atoms. The summed E-state index contributed by atoms with van der Waals surface area (Å²) in [7, 11) is -2.03. The second-order valence-electron chi connectivity index (χ2n) is 6.79. The first-order valence-electron chi connectivity index (χ1n) is 9.04. The lowest BCUT2D eigenvalue weighted by atomic mass is 10.2. The summed E-state index contributed by atoms with van der Waals surface area (Å²) in [6.07, 6.45) is 1.08. The lowest BCUT2D eigenvalue weighted by Crippen LogP contribution is -2.40. The van der Waals surface area contributed by atoms with Crippen LogP contribution in [0.4, 0.5) is 0 Å². The number of hydrogen-bond acceptors (Lipinski definition) is 6. The molecule has 1 aromatic heterocycles. The number of carbonyl (C=O) groups is 1. The molecule has 0 N–H and O–H groups in total. The third-order valence-electron chi connectivity index (χ3n) is 4.33. The Bertz CT molecular complexity index is 1120. The number of hydrogen-bond donors (Lipinski definition) is 0. The molecule has 0 spiro atoms. The first-order chi connectivity index (χ1) is 14.2. The summed E-state index contributed by atoms with van der Waals surface area (Å²) in [6.45, 7) is -0.131. The summed E-state index contributed by atoms with van der Waals surface area (Å²) in [5, 5.41) is 4.45. The number of benzene rings is 2. The molecular formula is C20H21ClN4O4S. The Morgan fingerprint density at radius 1 is 1.10 bits per heavy atom. The van der Waals surface area contributed by atoms with Gasteiger partial charge in [-0.25, -0.2) is 8.42 Å². The van der Waals surface area contributed by atoms with Crippen LogP contribution in [0.3, 0.4) is 0 Å². The topological polar surface area (TPSA) is 96.6 Å². The van der Waals surface area contributed by atoms with Gasteiger partial charge in [-0.3, -0.25) is 4.79 Å². The van der Waals surface area contributed by atoms with E-state index in [0.717, 1.165) is 16.1 Å². The first kappa shape index (κ1) is 21.9. The van der Waals surface area contributed by atoms with E-state index in [2.05, 4.69) is 10.1 Å². The maximum Gasteiger partial charge on any atom is 0.246 e. The number of sulfonamides is 1. The Morgan fingerprint density at radius 3 is 2.50 bits per heavy atom. The number of rotatable bonds is 8. The van der Waals surface area contributed by atoms with E-state index in [-0.39, 0.29) is 31.4 Å². The molecule has 0 fully saturated rings. The van der Waals surface area contributed by atoms with E-state index in [1.54, 1.807) is 31.3 Å². The van der Waals surface area contributed by atoms with Crippen molar-refractivity contribution in [3.8, 4) is 11.4 Å². The third kappa shape index (κ3) is 5.88. The Balaban J connectivity index is 1.66. The van der Waals surface area contributed by atoms with Crippen LogP contribution in [-0.2, 0) is 27.9 Å². The third-order valence-corrected chi connectivity index (χ3v) is 5.76. The number of nitrogens with zero attached hydrogens (tertiary/aromatic N) is 4. The molecular weight excluding hydrogens is 428 g/mol. The Hall–Kier alpha value is -2.75. The zero-order valence-electron chi connectivity index (χ0n) is 16.5. The van der Waals surface area contributed by atoms with E-state index in [0.29, 0.717) is 16.4 Å². The van der Waals surface area contributed by atoms with Gasteiger partial charge in [0.05, 0.1) is 19.3 Å². The lowest BCUT2D eigenvalue weighted by Gasteiger charge is -2.22. The quantitative estimate of drug-likeness (QED) is 0.525. The summed E-state index contributed by atoms with van der Waals surface area (Å²) in [5.74, 6) is 0.198. The fourth-order valence-electron chi connectivity index (χ4n) is 2.70. The lowest BCUT2D eigenvalue weighted by molar-refractivity contribution is -0.131. The van der Waals surface area contributed by atoms with E-state index < -0.39 is 10.0 Å². The van der Waals surface area contributed by atoms with Crippen molar-refractivity contribution in [2.24, 2.45) is 0 Å². The van der Waals surface area contributed by atoms with Crippen LogP contribution in [-0.4, -0.2) is 53.5 Å². The molecule has 0 aliphatic rings. The fraction of sp³-hybridized carbons (Fsp3) is 0.250. The summed E-state index contributed by atoms with van der Waals surface area (Å²) in [4.78, 5) is 18.3. The summed E-state index contributed by atoms with van der Waals surface area (Å²) in [6, 6.07) is 16.1. The molecule has 1 heterocycles. The zero-order valence-corrected chi connectivity index (χ0v) is 18.1. The highest BCUT2D eigenvalue weighted by Crippen LogP contribution is 2.20. The average molecular weight is 449 g/mol. The van der Waals surface area contributed by atoms with Gasteiger partial charge >= 0.3 is 0 Å². The van der Waals surface area contributed by atoms with E-state index in [4.69, 9.17) is 16.1 Å². The highest BCUT2D eigenvalue weighted by atomic mass is 35.5. The van der Waals surface area contributed by atoms with Crippen molar-refractivity contribution in [2.75, 3.05) is 19.8 Å². The molecule has 0 saturated heterocycles. The number of carbonyl (C=O) groups excluding carboxylic acids is 1. The molecule has 0 saturated carbocycles. The van der Waals surface area contributed by atoms with Crippen molar-refractivity contribution >= 4 is 27.5 Å². The summed E-state index contributed by atoms with van der Waals surface area (Å²) >= 11 is 5.98. The van der Waals surface area contributed by atoms with Gasteiger partial charge in [-0.1, -0.05) is 59.2 Å². The second-order valence-corrected chi connectivity index (χ2v) is 9.21. The predicted molar refractivity (Wildman–Crippen MR) is 113 cm³/mol. The van der Waals surface area contributed by atoms with Gasteiger partial charge < -0.3 is 9.42 Å². The van der Waals surface area contributed by atoms with Gasteiger partial charge in [-0.2, -0.15) is 9.29 Å². The van der Waals surface area contributed by atoms with Gasteiger partial charge in [0.1, 0.15) is 0 Å². The molecule has 30 heavy (non-hydrogen) atoms. The van der Waals surface area contributed by atoms with E-state index >= 15 is 0 Å². The molecule has 0 radical (unpaired) electrons. The minimum Gasteiger partial charge on any atom is -0.337 e. The van der Waals surface area contributed by atoms with E-state index in [1.807, 2.05) is 30.3 Å². The van der Waals surface area contributed by atoms with Gasteiger partial charge in [0.15, 0.2) is 0 Å². The van der Waals surface area contributed by atoms with Gasteiger partial charge in [-0.15, -0.1) is 0 Å². The van der Waals surface area contributed by atoms with Crippen LogP contribution < -0.4 is 0 Å². The standard InChI is InChI=1S/C20H21ClN4O4S/c1-24(13-18-22-20(23-29-18)16-9-6-10-17(21)11-16)19(26)14-25(30(2,27)28)12-15-7-4-3-5-8-15/h3-11H,12-14H2,1-2H3. The largest absolute Gasteiger partial charge is 0.337 e. The van der Waals surface area contributed by atoms with Crippen LogP contribution in [0.2, 0.25) is 5.02 Å². The molecule has 3 rings (SSSR count). The van der Waals surface area contributed by atoms with Crippen LogP contribution in [0, 0.1) is 0 Å². The van der Waals surface area contributed by atoms with E-state index in [9.17, 15) is 13.2 Å². The smallest absolute Gasteiger partial charge is 0.246 e. The Kier molecular flexibility index (Phi) is 6.86. The minimum absolute atomic E-state index is 0.0509. The number of aromatic nitrogens is 2. The normalized spacial score (nSPS) is 11.6. The highest BCUT2D eigenvalue weighted by molar-refractivity contribution is 7.88. The van der Waals surface area contributed by atoms with Gasteiger partial charge in [0, 0.05) is 24.2 Å². The maximum atomic E-state index is 12.6. The molecule has 0 aliphatic heterocycles. The van der Waals surface area contributed by atoms with Crippen molar-refractivity contribution in [2.45, 2.75) is 13.1 Å². The highest BCUT2D eigenvalue weighted by Gasteiger charge is 2.23. The molecule has 0 unspecified atom stereocenters. The predicted octanol–water partition coefficient (Wildman–Crippen LogP) is 2.81. The minimum atomic E-state index is -3.58. The van der Waals surface area contributed by atoms with Crippen LogP contribution in [0.25, 0.3) is 11.4 Å². The van der Waals surface area contributed by atoms with E-state index in [1.165, 1.54) is 4.90 Å². The average Bonchev–Trinajstić information content (AvgIpc) is 3.16. The van der Waals surface area contributed by atoms with Crippen molar-refractivity contribution in [1.29, 1.82) is 0 Å². The molecule has 158 valence electrons. The molecule has 2 aromatic carbocycles. The maximum absolute atomic E-state index is 12.6. The summed E-state index contributed by atoms with van der Waals surface area (Å²) < 4.78 is 30.6. The summed E-state index contributed by atoms with van der Waals surface area (Å²) in [5.41, 5.74) is 1.49. The zero-order chi connectivity index (χ0) is 21.7. The first-order valence-corrected chi connectivity index (χ1v) is 11.3. The second kappa shape index (κ2) is 9.38. The van der Waals surface area contributed by atoms with Crippen LogP contribution in [0.1, 0.15) is 11.5 Å². The monoisotopic (exact) mass is 448 g/mol. The molecule has 1 amide bonds. The molecule has 0 aliphatic carbocycles. The van der Waals surface area contributed by atoms with Crippen molar-refractivity contribution < 1.29 is 17.7 Å². The fourth-order valence-corrected chi connectivity index (χ4v) is 3.62. The van der Waals surface area contributed by atoms with Gasteiger partial charge in [0.2, 0.25) is 27.6 Å². The van der Waals surface area contributed by atoms with Gasteiger partial charge in [-0.05, 0) is 17.7 Å². The Morgan fingerprint density at radius 2 is 1.83 bits per heavy atom. The van der Waals surface area contributed by atoms with Crippen LogP contribution >= 0.6 is 11.6 Å². The SMILES string of the molecule is CN(Cc1nc(-c2cccc(Cl)c2)no1)C(=O)CN(Cc1ccccc1)S(C)(=O)=O. The van der Waals surface area contributed by atoms with Crippen molar-refractivity contribution in [1.82, 2.24) is 19.3 Å². The molecule has 8 nitrogen and oxygen atoms in total. The van der Waals surface area contributed by atoms with Gasteiger partial charge in [0.25, 0.3) is 0 Å². The van der Waals surface area contributed by atoms with Crippen molar-refractivity contribution in [3.63, 3.8) is 0 Å².